The first-order chi connectivity index (χ1) is 17.1. The first kappa shape index (κ1) is 23.0. The number of hydrogen-bond acceptors (Lipinski definition) is 8. The second-order valence-corrected chi connectivity index (χ2v) is 8.59. The lowest BCUT2D eigenvalue weighted by Gasteiger charge is -2.27. The molecule has 4 heterocycles. The SMILES string of the molecule is CCN1CCc2ncc(-c3ccc(Cn4c(=O)[nH]c5c(N)nc(OCCOC)nc54)cc3)cc2C1. The Morgan fingerprint density at radius 3 is 2.74 bits per heavy atom. The van der Waals surface area contributed by atoms with Crippen LogP contribution in [0.3, 0.4) is 0 Å². The van der Waals surface area contributed by atoms with Crippen LogP contribution in [0.15, 0.2) is 41.3 Å². The van der Waals surface area contributed by atoms with Crippen molar-refractivity contribution < 1.29 is 9.47 Å². The summed E-state index contributed by atoms with van der Waals surface area (Å²) in [4.78, 5) is 31.1. The Morgan fingerprint density at radius 1 is 1.14 bits per heavy atom. The lowest BCUT2D eigenvalue weighted by Crippen LogP contribution is -2.30. The molecule has 3 N–H and O–H groups in total. The number of nitrogens with one attached hydrogen (secondary N) is 1. The summed E-state index contributed by atoms with van der Waals surface area (Å²) in [6.45, 7) is 6.25. The molecule has 1 aliphatic heterocycles. The van der Waals surface area contributed by atoms with Crippen LogP contribution in [0.5, 0.6) is 6.01 Å². The van der Waals surface area contributed by atoms with Crippen LogP contribution in [0.1, 0.15) is 23.7 Å². The maximum atomic E-state index is 12.7. The van der Waals surface area contributed by atoms with Gasteiger partial charge in [-0.3, -0.25) is 14.5 Å². The zero-order chi connectivity index (χ0) is 24.4. The van der Waals surface area contributed by atoms with Crippen molar-refractivity contribution in [2.45, 2.75) is 26.4 Å². The average molecular weight is 476 g/mol. The van der Waals surface area contributed by atoms with Gasteiger partial charge in [0.25, 0.3) is 0 Å². The Bertz CT molecular complexity index is 1390. The van der Waals surface area contributed by atoms with Gasteiger partial charge in [-0.05, 0) is 29.3 Å². The predicted molar refractivity (Wildman–Crippen MR) is 133 cm³/mol. The van der Waals surface area contributed by atoms with Crippen molar-refractivity contribution in [2.24, 2.45) is 0 Å². The van der Waals surface area contributed by atoms with E-state index in [9.17, 15) is 4.79 Å². The molecule has 0 unspecified atom stereocenters. The van der Waals surface area contributed by atoms with E-state index in [4.69, 9.17) is 20.2 Å². The molecule has 5 rings (SSSR count). The van der Waals surface area contributed by atoms with Gasteiger partial charge >= 0.3 is 11.7 Å². The van der Waals surface area contributed by atoms with Crippen LogP contribution in [-0.4, -0.2) is 62.8 Å². The second-order valence-electron chi connectivity index (χ2n) is 8.59. The Balaban J connectivity index is 1.38. The molecular weight excluding hydrogens is 446 g/mol. The molecule has 1 aliphatic rings. The fourth-order valence-electron chi connectivity index (χ4n) is 4.36. The molecule has 0 saturated heterocycles. The van der Waals surface area contributed by atoms with Crippen LogP contribution in [0.2, 0.25) is 0 Å². The van der Waals surface area contributed by atoms with Crippen molar-refractivity contribution in [3.05, 3.63) is 63.8 Å². The fourth-order valence-corrected chi connectivity index (χ4v) is 4.36. The maximum Gasteiger partial charge on any atom is 0.328 e. The highest BCUT2D eigenvalue weighted by atomic mass is 16.5. The number of imidazole rings is 1. The molecule has 3 aromatic heterocycles. The number of methoxy groups -OCH3 is 1. The fraction of sp³-hybridized carbons (Fsp3) is 0.360. The number of nitrogens with two attached hydrogens (primary N) is 1. The van der Waals surface area contributed by atoms with Crippen molar-refractivity contribution in [3.8, 4) is 17.1 Å². The third kappa shape index (κ3) is 4.75. The highest BCUT2D eigenvalue weighted by Crippen LogP contribution is 2.25. The number of fused-ring (bicyclic) bond motifs is 2. The third-order valence-electron chi connectivity index (χ3n) is 6.34. The highest BCUT2D eigenvalue weighted by Gasteiger charge is 2.17. The van der Waals surface area contributed by atoms with Crippen molar-refractivity contribution >= 4 is 17.0 Å². The van der Waals surface area contributed by atoms with Gasteiger partial charge in [0, 0.05) is 44.1 Å². The predicted octanol–water partition coefficient (Wildman–Crippen LogP) is 2.22. The first-order valence-corrected chi connectivity index (χ1v) is 11.7. The van der Waals surface area contributed by atoms with Gasteiger partial charge in [-0.25, -0.2) is 4.79 Å². The van der Waals surface area contributed by atoms with Gasteiger partial charge < -0.3 is 20.2 Å². The van der Waals surface area contributed by atoms with Gasteiger partial charge in [-0.2, -0.15) is 9.97 Å². The van der Waals surface area contributed by atoms with Crippen LogP contribution in [0, 0.1) is 0 Å². The number of likely N-dealkylation sites (N-methyl/N-ethyl adjacent to an activating group) is 1. The second kappa shape index (κ2) is 9.85. The number of ether oxygens (including phenoxy) is 2. The molecule has 35 heavy (non-hydrogen) atoms. The number of nitrogen functional groups attached to an aromatic ring is 1. The smallest absolute Gasteiger partial charge is 0.328 e. The van der Waals surface area contributed by atoms with Gasteiger partial charge in [-0.1, -0.05) is 31.2 Å². The maximum absolute atomic E-state index is 12.7. The van der Waals surface area contributed by atoms with Crippen molar-refractivity contribution in [3.63, 3.8) is 0 Å². The average Bonchev–Trinajstić information content (AvgIpc) is 3.19. The minimum atomic E-state index is -0.307. The molecule has 0 spiro atoms. The van der Waals surface area contributed by atoms with Crippen molar-refractivity contribution in [2.75, 3.05) is 39.1 Å². The molecule has 0 radical (unpaired) electrons. The number of aromatic nitrogens is 5. The molecule has 4 aromatic rings. The van der Waals surface area contributed by atoms with E-state index in [0.29, 0.717) is 24.3 Å². The number of rotatable bonds is 8. The van der Waals surface area contributed by atoms with Gasteiger partial charge in [0.1, 0.15) is 12.1 Å². The van der Waals surface area contributed by atoms with E-state index in [0.717, 1.165) is 42.7 Å². The molecule has 0 aliphatic carbocycles. The van der Waals surface area contributed by atoms with Crippen LogP contribution in [0.4, 0.5) is 5.82 Å². The van der Waals surface area contributed by atoms with E-state index in [1.807, 2.05) is 18.3 Å². The molecule has 0 amide bonds. The van der Waals surface area contributed by atoms with E-state index >= 15 is 0 Å². The normalized spacial score (nSPS) is 13.8. The summed E-state index contributed by atoms with van der Waals surface area (Å²) in [7, 11) is 1.58. The molecular formula is C25H29N7O3. The molecule has 10 heteroatoms. The minimum Gasteiger partial charge on any atom is -0.461 e. The largest absolute Gasteiger partial charge is 0.461 e. The third-order valence-corrected chi connectivity index (χ3v) is 6.34. The Morgan fingerprint density at radius 2 is 1.97 bits per heavy atom. The molecule has 0 saturated carbocycles. The van der Waals surface area contributed by atoms with Gasteiger partial charge in [0.05, 0.1) is 13.2 Å². The van der Waals surface area contributed by atoms with Crippen LogP contribution in [0.25, 0.3) is 22.3 Å². The van der Waals surface area contributed by atoms with Gasteiger partial charge in [0.2, 0.25) is 0 Å². The zero-order valence-electron chi connectivity index (χ0n) is 20.0. The summed E-state index contributed by atoms with van der Waals surface area (Å²) >= 11 is 0. The summed E-state index contributed by atoms with van der Waals surface area (Å²) in [5.74, 6) is 0.162. The summed E-state index contributed by atoms with van der Waals surface area (Å²) < 4.78 is 12.0. The lowest BCUT2D eigenvalue weighted by molar-refractivity contribution is 0.141. The number of anilines is 1. The first-order valence-electron chi connectivity index (χ1n) is 11.7. The van der Waals surface area contributed by atoms with Crippen molar-refractivity contribution in [1.29, 1.82) is 0 Å². The number of nitrogens with zero attached hydrogens (tertiary/aromatic N) is 5. The van der Waals surface area contributed by atoms with Crippen molar-refractivity contribution in [1.82, 2.24) is 29.4 Å². The number of H-pyrrole nitrogens is 1. The molecule has 0 atom stereocenters. The van der Waals surface area contributed by atoms with E-state index < -0.39 is 0 Å². The van der Waals surface area contributed by atoms with E-state index in [1.54, 1.807) is 7.11 Å². The Hall–Kier alpha value is -3.76. The zero-order valence-corrected chi connectivity index (χ0v) is 20.0. The summed E-state index contributed by atoms with van der Waals surface area (Å²) in [6.07, 6.45) is 2.94. The molecule has 10 nitrogen and oxygen atoms in total. The van der Waals surface area contributed by atoms with Crippen LogP contribution >= 0.6 is 0 Å². The Labute approximate surface area is 202 Å². The summed E-state index contributed by atoms with van der Waals surface area (Å²) in [6, 6.07) is 10.5. The highest BCUT2D eigenvalue weighted by molar-refractivity contribution is 5.82. The molecule has 1 aromatic carbocycles. The Kier molecular flexibility index (Phi) is 6.47. The van der Waals surface area contributed by atoms with E-state index in [-0.39, 0.29) is 24.1 Å². The van der Waals surface area contributed by atoms with E-state index in [1.165, 1.54) is 15.8 Å². The minimum absolute atomic E-state index is 0.108. The summed E-state index contributed by atoms with van der Waals surface area (Å²) in [5, 5.41) is 0. The van der Waals surface area contributed by atoms with E-state index in [2.05, 4.69) is 45.0 Å². The molecule has 182 valence electrons. The number of hydrogen-bond donors (Lipinski definition) is 2. The van der Waals surface area contributed by atoms with Gasteiger partial charge in [0.15, 0.2) is 11.5 Å². The monoisotopic (exact) mass is 475 g/mol. The number of benzene rings is 1. The number of pyridine rings is 1. The van der Waals surface area contributed by atoms with Gasteiger partial charge in [-0.15, -0.1) is 0 Å². The van der Waals surface area contributed by atoms with Crippen LogP contribution in [-0.2, 0) is 24.2 Å². The molecule has 0 fully saturated rings. The number of aromatic amines is 1. The lowest BCUT2D eigenvalue weighted by atomic mass is 9.99. The van der Waals surface area contributed by atoms with Crippen LogP contribution < -0.4 is 16.2 Å². The standard InChI is InChI=1S/C25H29N7O3/c1-3-31-9-8-20-19(15-31)12-18(13-27-20)17-6-4-16(5-7-17)14-32-23-21(28-25(32)33)22(26)29-24(30-23)35-11-10-34-2/h4-7,12-13H,3,8-11,14-15H2,1-2H3,(H,28,33)(H2,26,29,30). The topological polar surface area (TPSA) is 124 Å². The quantitative estimate of drug-likeness (QED) is 0.372. The molecule has 0 bridgehead atoms. The summed E-state index contributed by atoms with van der Waals surface area (Å²) in [5.41, 5.74) is 12.2.